The van der Waals surface area contributed by atoms with E-state index >= 15 is 0 Å². The molecule has 4 saturated carbocycles. The monoisotopic (exact) mass is 681 g/mol. The third-order valence-electron chi connectivity index (χ3n) is 12.2. The third kappa shape index (κ3) is 6.73. The van der Waals surface area contributed by atoms with E-state index in [-0.39, 0.29) is 36.3 Å². The number of methoxy groups -OCH3 is 2. The first kappa shape index (κ1) is 33.5. The van der Waals surface area contributed by atoms with Crippen molar-refractivity contribution < 1.29 is 28.8 Å². The molecule has 2 aliphatic heterocycles. The first-order valence-electron chi connectivity index (χ1n) is 18.5. The number of urea groups is 1. The molecule has 2 heterocycles. The second kappa shape index (κ2) is 13.8. The van der Waals surface area contributed by atoms with Crippen LogP contribution in [0.5, 0.6) is 11.5 Å². The van der Waals surface area contributed by atoms with Gasteiger partial charge in [-0.15, -0.1) is 0 Å². The van der Waals surface area contributed by atoms with Gasteiger partial charge < -0.3 is 34.7 Å². The maximum Gasteiger partial charge on any atom is 0.319 e. The van der Waals surface area contributed by atoms with Crippen LogP contribution >= 0.6 is 0 Å². The van der Waals surface area contributed by atoms with Gasteiger partial charge in [-0.05, 0) is 109 Å². The quantitative estimate of drug-likeness (QED) is 0.221. The smallest absolute Gasteiger partial charge is 0.319 e. The molecular formula is C41H51N3O6. The predicted molar refractivity (Wildman–Crippen MR) is 191 cm³/mol. The van der Waals surface area contributed by atoms with Gasteiger partial charge in [-0.25, -0.2) is 4.79 Å². The number of carbonyl (C=O) groups is 1. The lowest BCUT2D eigenvalue weighted by Gasteiger charge is -2.56. The molecule has 6 aliphatic rings. The number of ether oxygens (including phenoxy) is 4. The highest BCUT2D eigenvalue weighted by Crippen LogP contribution is 2.55. The standard InChI is InChI=1S/C41H51N3O6/c1-25-37(23-44-13-12-32-17-35(47-2)36(48-3)18-33(32)22-44)49-39(50-38(25)30-6-4-26(24-45)5-7-30)31-8-10-34(11-9-31)42-40(46)43-41-19-27-14-28(20-41)16-29(15-27)21-41/h4-11,17-18,25,27-29,37-39,45H,12-16,19-24H2,1-3H3,(H2,42,43,46)/t25-,27?,28?,29?,37+,38+,39+,41?/m0/s1. The SMILES string of the molecule is COc1cc2c(cc1OC)CN(C[C@H]1O[C@@H](c3ccc(NC(=O)NC45CC6CC(CC(C6)C4)C5)cc3)O[C@@H](c3ccc(CO)cc3)[C@H]1C)CC2. The van der Waals surface area contributed by atoms with Crippen molar-refractivity contribution in [3.63, 3.8) is 0 Å². The molecule has 266 valence electrons. The molecule has 3 aromatic carbocycles. The summed E-state index contributed by atoms with van der Waals surface area (Å²) in [4.78, 5) is 15.7. The topological polar surface area (TPSA) is 102 Å². The molecule has 9 nitrogen and oxygen atoms in total. The molecule has 4 bridgehead atoms. The zero-order chi connectivity index (χ0) is 34.4. The van der Waals surface area contributed by atoms with Crippen molar-refractivity contribution in [3.05, 3.63) is 88.5 Å². The van der Waals surface area contributed by atoms with Gasteiger partial charge in [0.1, 0.15) is 0 Å². The molecular weight excluding hydrogens is 630 g/mol. The van der Waals surface area contributed by atoms with Crippen LogP contribution in [0.15, 0.2) is 60.7 Å². The highest BCUT2D eigenvalue weighted by molar-refractivity contribution is 5.89. The van der Waals surface area contributed by atoms with Crippen molar-refractivity contribution >= 4 is 11.7 Å². The van der Waals surface area contributed by atoms with Crippen LogP contribution < -0.4 is 20.1 Å². The zero-order valence-electron chi connectivity index (χ0n) is 29.5. The molecule has 0 aromatic heterocycles. The van der Waals surface area contributed by atoms with E-state index in [9.17, 15) is 9.90 Å². The molecule has 0 radical (unpaired) electrons. The molecule has 1 saturated heterocycles. The van der Waals surface area contributed by atoms with Crippen molar-refractivity contribution in [2.45, 2.75) is 89.1 Å². The fourth-order valence-corrected chi connectivity index (χ4v) is 10.1. The van der Waals surface area contributed by atoms with Crippen LogP contribution in [0.25, 0.3) is 0 Å². The molecule has 2 amide bonds. The highest BCUT2D eigenvalue weighted by atomic mass is 16.7. The molecule has 0 spiro atoms. The lowest BCUT2D eigenvalue weighted by atomic mass is 9.53. The normalized spacial score (nSPS) is 31.6. The summed E-state index contributed by atoms with van der Waals surface area (Å²) >= 11 is 0. The first-order valence-corrected chi connectivity index (χ1v) is 18.5. The summed E-state index contributed by atoms with van der Waals surface area (Å²) in [5.41, 5.74) is 6.10. The fourth-order valence-electron chi connectivity index (χ4n) is 10.1. The van der Waals surface area contributed by atoms with E-state index in [0.717, 1.165) is 96.9 Å². The van der Waals surface area contributed by atoms with Gasteiger partial charge in [0, 0.05) is 42.3 Å². The highest BCUT2D eigenvalue weighted by Gasteiger charge is 2.51. The van der Waals surface area contributed by atoms with E-state index in [1.54, 1.807) is 14.2 Å². The van der Waals surface area contributed by atoms with Crippen LogP contribution in [0.2, 0.25) is 0 Å². The van der Waals surface area contributed by atoms with Gasteiger partial charge in [0.2, 0.25) is 0 Å². The van der Waals surface area contributed by atoms with Crippen molar-refractivity contribution in [1.29, 1.82) is 0 Å². The van der Waals surface area contributed by atoms with Gasteiger partial charge in [-0.3, -0.25) is 4.90 Å². The molecule has 0 unspecified atom stereocenters. The third-order valence-corrected chi connectivity index (χ3v) is 12.2. The van der Waals surface area contributed by atoms with Crippen LogP contribution in [0.3, 0.4) is 0 Å². The van der Waals surface area contributed by atoms with Crippen molar-refractivity contribution in [1.82, 2.24) is 10.2 Å². The van der Waals surface area contributed by atoms with Gasteiger partial charge in [0.05, 0.1) is 33.0 Å². The number of aliphatic hydroxyl groups excluding tert-OH is 1. The summed E-state index contributed by atoms with van der Waals surface area (Å²) in [5.74, 6) is 3.92. The molecule has 9 heteroatoms. The first-order chi connectivity index (χ1) is 24.3. The Labute approximate surface area is 295 Å². The Kier molecular flexibility index (Phi) is 9.27. The number of amides is 2. The maximum absolute atomic E-state index is 13.2. The maximum atomic E-state index is 13.2. The van der Waals surface area contributed by atoms with E-state index in [1.807, 2.05) is 36.4 Å². The van der Waals surface area contributed by atoms with E-state index in [0.29, 0.717) is 0 Å². The molecule has 50 heavy (non-hydrogen) atoms. The second-order valence-electron chi connectivity index (χ2n) is 15.7. The van der Waals surface area contributed by atoms with Gasteiger partial charge in [0.15, 0.2) is 17.8 Å². The number of nitrogens with one attached hydrogen (secondary N) is 2. The molecule has 3 N–H and O–H groups in total. The van der Waals surface area contributed by atoms with E-state index in [1.165, 1.54) is 30.4 Å². The number of nitrogens with zero attached hydrogens (tertiary/aromatic N) is 1. The average molecular weight is 682 g/mol. The Morgan fingerprint density at radius 2 is 1.50 bits per heavy atom. The van der Waals surface area contributed by atoms with E-state index in [2.05, 4.69) is 46.7 Å². The summed E-state index contributed by atoms with van der Waals surface area (Å²) < 4.78 is 24.7. The number of carbonyl (C=O) groups excluding carboxylic acids is 1. The number of hydrogen-bond acceptors (Lipinski definition) is 7. The summed E-state index contributed by atoms with van der Waals surface area (Å²) in [5, 5.41) is 16.2. The lowest BCUT2D eigenvalue weighted by Crippen LogP contribution is -2.60. The minimum absolute atomic E-state index is 0.00373. The fraction of sp³-hybridized carbons (Fsp3) is 0.537. The average Bonchev–Trinajstić information content (AvgIpc) is 3.11. The number of rotatable bonds is 9. The Morgan fingerprint density at radius 3 is 2.12 bits per heavy atom. The second-order valence-corrected chi connectivity index (χ2v) is 15.7. The zero-order valence-corrected chi connectivity index (χ0v) is 29.5. The largest absolute Gasteiger partial charge is 0.493 e. The summed E-state index contributed by atoms with van der Waals surface area (Å²) in [6.07, 6.45) is 7.47. The van der Waals surface area contributed by atoms with E-state index in [4.69, 9.17) is 18.9 Å². The summed E-state index contributed by atoms with van der Waals surface area (Å²) in [7, 11) is 3.36. The van der Waals surface area contributed by atoms with Gasteiger partial charge in [0.25, 0.3) is 0 Å². The van der Waals surface area contributed by atoms with Crippen molar-refractivity contribution in [3.8, 4) is 11.5 Å². The van der Waals surface area contributed by atoms with Gasteiger partial charge >= 0.3 is 6.03 Å². The van der Waals surface area contributed by atoms with E-state index < -0.39 is 6.29 Å². The number of hydrogen-bond donors (Lipinski definition) is 3. The summed E-state index contributed by atoms with van der Waals surface area (Å²) in [6, 6.07) is 20.0. The molecule has 3 aromatic rings. The minimum Gasteiger partial charge on any atom is -0.493 e. The Hall–Kier alpha value is -3.63. The molecule has 4 atom stereocenters. The molecule has 9 rings (SSSR count). The van der Waals surface area contributed by atoms with Crippen LogP contribution in [-0.2, 0) is 29.0 Å². The van der Waals surface area contributed by atoms with Crippen LogP contribution in [0, 0.1) is 23.7 Å². The Bertz CT molecular complexity index is 1640. The van der Waals surface area contributed by atoms with Gasteiger partial charge in [-0.1, -0.05) is 43.3 Å². The lowest BCUT2D eigenvalue weighted by molar-refractivity contribution is -0.276. The van der Waals surface area contributed by atoms with Crippen molar-refractivity contribution in [2.24, 2.45) is 23.7 Å². The summed E-state index contributed by atoms with van der Waals surface area (Å²) in [6.45, 7) is 4.68. The molecule has 4 aliphatic carbocycles. The minimum atomic E-state index is -0.574. The molecule has 5 fully saturated rings. The number of anilines is 1. The van der Waals surface area contributed by atoms with Crippen molar-refractivity contribution in [2.75, 3.05) is 32.6 Å². The van der Waals surface area contributed by atoms with Crippen LogP contribution in [0.1, 0.15) is 85.7 Å². The Morgan fingerprint density at radius 1 is 0.880 bits per heavy atom. The number of aliphatic hydroxyl groups is 1. The number of benzene rings is 3. The van der Waals surface area contributed by atoms with Gasteiger partial charge in [-0.2, -0.15) is 0 Å². The van der Waals surface area contributed by atoms with Crippen LogP contribution in [0.4, 0.5) is 10.5 Å². The van der Waals surface area contributed by atoms with Crippen LogP contribution in [-0.4, -0.2) is 55.0 Å². The predicted octanol–water partition coefficient (Wildman–Crippen LogP) is 7.14. The number of fused-ring (bicyclic) bond motifs is 1. The Balaban J connectivity index is 0.972.